The average Bonchev–Trinajstić information content (AvgIpc) is 2.75. The van der Waals surface area contributed by atoms with Gasteiger partial charge in [0.2, 0.25) is 0 Å². The third-order valence-corrected chi connectivity index (χ3v) is 3.48. The van der Waals surface area contributed by atoms with Crippen molar-refractivity contribution in [1.29, 1.82) is 0 Å². The molecule has 0 spiro atoms. The highest BCUT2D eigenvalue weighted by Gasteiger charge is 2.21. The van der Waals surface area contributed by atoms with Gasteiger partial charge in [-0.2, -0.15) is 0 Å². The summed E-state index contributed by atoms with van der Waals surface area (Å²) in [7, 11) is 1.69. The first kappa shape index (κ1) is 14.5. The van der Waals surface area contributed by atoms with Crippen LogP contribution in [-0.2, 0) is 17.7 Å². The number of fused-ring (bicyclic) bond motifs is 1. The summed E-state index contributed by atoms with van der Waals surface area (Å²) in [5, 5.41) is 9.05. The first-order valence-electron chi connectivity index (χ1n) is 6.65. The van der Waals surface area contributed by atoms with Gasteiger partial charge in [-0.3, -0.25) is 0 Å². The maximum atomic E-state index is 11.0. The second-order valence-corrected chi connectivity index (χ2v) is 5.44. The monoisotopic (exact) mass is 276 g/mol. The summed E-state index contributed by atoms with van der Waals surface area (Å²) in [5.74, 6) is 0.00406. The van der Waals surface area contributed by atoms with E-state index in [1.165, 1.54) is 0 Å². The number of aromatic carboxylic acids is 1. The summed E-state index contributed by atoms with van der Waals surface area (Å²) in [6.07, 6.45) is 0.789. The molecule has 0 unspecified atom stereocenters. The van der Waals surface area contributed by atoms with Crippen molar-refractivity contribution in [2.75, 3.05) is 7.11 Å². The van der Waals surface area contributed by atoms with Crippen LogP contribution in [0.3, 0.4) is 0 Å². The van der Waals surface area contributed by atoms with Gasteiger partial charge in [0, 0.05) is 13.5 Å². The number of rotatable bonds is 5. The Balaban J connectivity index is 2.55. The van der Waals surface area contributed by atoms with Crippen LogP contribution >= 0.6 is 0 Å². The topological polar surface area (TPSA) is 64.3 Å². The highest BCUT2D eigenvalue weighted by molar-refractivity contribution is 5.92. The van der Waals surface area contributed by atoms with Crippen LogP contribution < -0.4 is 0 Å². The second-order valence-electron chi connectivity index (χ2n) is 5.44. The normalized spacial score (nSPS) is 12.0. The van der Waals surface area contributed by atoms with E-state index in [4.69, 9.17) is 9.84 Å². The summed E-state index contributed by atoms with van der Waals surface area (Å²) >= 11 is 0. The van der Waals surface area contributed by atoms with Gasteiger partial charge in [-0.1, -0.05) is 6.92 Å². The first-order valence-corrected chi connectivity index (χ1v) is 6.65. The minimum absolute atomic E-state index is 0.260. The minimum Gasteiger partial charge on any atom is -0.478 e. The molecule has 1 aromatic heterocycles. The number of benzene rings is 1. The lowest BCUT2D eigenvalue weighted by atomic mass is 10.1. The van der Waals surface area contributed by atoms with Crippen LogP contribution in [0.15, 0.2) is 18.2 Å². The van der Waals surface area contributed by atoms with E-state index >= 15 is 0 Å². The van der Waals surface area contributed by atoms with Crippen LogP contribution in [0.2, 0.25) is 0 Å². The van der Waals surface area contributed by atoms with Gasteiger partial charge in [0.25, 0.3) is 0 Å². The molecular formula is C15H20N2O3. The molecule has 5 heteroatoms. The van der Waals surface area contributed by atoms with Gasteiger partial charge in [-0.25, -0.2) is 9.78 Å². The van der Waals surface area contributed by atoms with Crippen LogP contribution in [0.4, 0.5) is 0 Å². The molecule has 0 amide bonds. The molecule has 108 valence electrons. The van der Waals surface area contributed by atoms with Crippen molar-refractivity contribution in [2.24, 2.45) is 0 Å². The van der Waals surface area contributed by atoms with Gasteiger partial charge >= 0.3 is 5.97 Å². The van der Waals surface area contributed by atoms with Gasteiger partial charge in [0.05, 0.1) is 28.7 Å². The number of carboxylic acid groups (broad SMARTS) is 1. The van der Waals surface area contributed by atoms with Crippen LogP contribution in [-0.4, -0.2) is 33.3 Å². The number of hydrogen-bond donors (Lipinski definition) is 1. The number of aryl methyl sites for hydroxylation is 1. The molecule has 1 N–H and O–H groups in total. The molecule has 1 heterocycles. The largest absolute Gasteiger partial charge is 0.478 e. The quantitative estimate of drug-likeness (QED) is 0.912. The summed E-state index contributed by atoms with van der Waals surface area (Å²) in [4.78, 5) is 15.6. The third kappa shape index (κ3) is 2.67. The minimum atomic E-state index is -0.934. The summed E-state index contributed by atoms with van der Waals surface area (Å²) in [5.41, 5.74) is 1.62. The summed E-state index contributed by atoms with van der Waals surface area (Å²) < 4.78 is 7.58. The Morgan fingerprint density at radius 1 is 1.45 bits per heavy atom. The average molecular weight is 276 g/mol. The van der Waals surface area contributed by atoms with Gasteiger partial charge in [-0.15, -0.1) is 0 Å². The Labute approximate surface area is 118 Å². The zero-order chi connectivity index (χ0) is 14.9. The van der Waals surface area contributed by atoms with Crippen molar-refractivity contribution in [3.05, 3.63) is 29.6 Å². The molecular weight excluding hydrogens is 256 g/mol. The highest BCUT2D eigenvalue weighted by atomic mass is 16.5. The highest BCUT2D eigenvalue weighted by Crippen LogP contribution is 2.22. The van der Waals surface area contributed by atoms with E-state index < -0.39 is 5.97 Å². The molecule has 2 aromatic rings. The summed E-state index contributed by atoms with van der Waals surface area (Å²) in [6, 6.07) is 5.05. The smallest absolute Gasteiger partial charge is 0.335 e. The van der Waals surface area contributed by atoms with E-state index in [-0.39, 0.29) is 11.2 Å². The number of nitrogens with zero attached hydrogens (tertiary/aromatic N) is 2. The lowest BCUT2D eigenvalue weighted by molar-refractivity contribution is 0.00845. The van der Waals surface area contributed by atoms with E-state index in [0.717, 1.165) is 17.8 Å². The molecule has 0 fully saturated rings. The number of hydrogen-bond acceptors (Lipinski definition) is 3. The van der Waals surface area contributed by atoms with Gasteiger partial charge in [-0.05, 0) is 32.0 Å². The second kappa shape index (κ2) is 5.25. The van der Waals surface area contributed by atoms with E-state index in [1.54, 1.807) is 19.2 Å². The lowest BCUT2D eigenvalue weighted by Gasteiger charge is -2.24. The van der Waals surface area contributed by atoms with Crippen molar-refractivity contribution in [3.8, 4) is 0 Å². The molecule has 0 bridgehead atoms. The van der Waals surface area contributed by atoms with Gasteiger partial charge in [0.1, 0.15) is 5.82 Å². The van der Waals surface area contributed by atoms with Gasteiger partial charge < -0.3 is 14.4 Å². The maximum Gasteiger partial charge on any atom is 0.335 e. The van der Waals surface area contributed by atoms with Crippen molar-refractivity contribution in [3.63, 3.8) is 0 Å². The Bertz CT molecular complexity index is 644. The molecule has 1 aromatic carbocycles. The van der Waals surface area contributed by atoms with E-state index in [0.29, 0.717) is 12.1 Å². The standard InChI is InChI=1S/C15H20N2O3/c1-5-13-16-11-8-10(14(18)19)6-7-12(11)17(13)9-15(2,3)20-4/h6-8H,5,9H2,1-4H3,(H,18,19). The zero-order valence-electron chi connectivity index (χ0n) is 12.3. The third-order valence-electron chi connectivity index (χ3n) is 3.48. The maximum absolute atomic E-state index is 11.0. The van der Waals surface area contributed by atoms with Crippen LogP contribution in [0.1, 0.15) is 37.0 Å². The van der Waals surface area contributed by atoms with Crippen molar-refractivity contribution in [1.82, 2.24) is 9.55 Å². The molecule has 0 saturated heterocycles. The predicted octanol–water partition coefficient (Wildman–Crippen LogP) is 2.72. The molecule has 0 saturated carbocycles. The molecule has 0 aliphatic heterocycles. The van der Waals surface area contributed by atoms with E-state index in [2.05, 4.69) is 9.55 Å². The molecule has 20 heavy (non-hydrogen) atoms. The number of ether oxygens (including phenoxy) is 1. The molecule has 0 atom stereocenters. The zero-order valence-corrected chi connectivity index (χ0v) is 12.3. The fourth-order valence-electron chi connectivity index (χ4n) is 2.20. The number of imidazole rings is 1. The van der Waals surface area contributed by atoms with Gasteiger partial charge in [0.15, 0.2) is 0 Å². The Hall–Kier alpha value is -1.88. The van der Waals surface area contributed by atoms with Crippen molar-refractivity contribution in [2.45, 2.75) is 39.3 Å². The predicted molar refractivity (Wildman–Crippen MR) is 77.2 cm³/mol. The van der Waals surface area contributed by atoms with E-state index in [1.807, 2.05) is 26.8 Å². The number of carbonyl (C=O) groups is 1. The number of carboxylic acids is 1. The Morgan fingerprint density at radius 3 is 2.70 bits per heavy atom. The van der Waals surface area contributed by atoms with Crippen LogP contribution in [0.5, 0.6) is 0 Å². The van der Waals surface area contributed by atoms with Crippen LogP contribution in [0, 0.1) is 0 Å². The Morgan fingerprint density at radius 2 is 2.15 bits per heavy atom. The molecule has 0 radical (unpaired) electrons. The molecule has 2 rings (SSSR count). The van der Waals surface area contributed by atoms with Crippen molar-refractivity contribution < 1.29 is 14.6 Å². The SMILES string of the molecule is CCc1nc2cc(C(=O)O)ccc2n1CC(C)(C)OC. The molecule has 0 aliphatic carbocycles. The Kier molecular flexibility index (Phi) is 3.81. The fraction of sp³-hybridized carbons (Fsp3) is 0.467. The van der Waals surface area contributed by atoms with Crippen molar-refractivity contribution >= 4 is 17.0 Å². The lowest BCUT2D eigenvalue weighted by Crippen LogP contribution is -2.29. The molecule has 5 nitrogen and oxygen atoms in total. The number of aromatic nitrogens is 2. The molecule has 0 aliphatic rings. The first-order chi connectivity index (χ1) is 9.38. The van der Waals surface area contributed by atoms with Crippen LogP contribution in [0.25, 0.3) is 11.0 Å². The van der Waals surface area contributed by atoms with E-state index in [9.17, 15) is 4.79 Å². The fourth-order valence-corrected chi connectivity index (χ4v) is 2.20. The summed E-state index contributed by atoms with van der Waals surface area (Å²) in [6.45, 7) is 6.75. The number of methoxy groups -OCH3 is 1.